The number of hydrogen-bond acceptors (Lipinski definition) is 5. The summed E-state index contributed by atoms with van der Waals surface area (Å²) in [6.07, 6.45) is 0.777. The number of hydrogen-bond donors (Lipinski definition) is 2. The van der Waals surface area contributed by atoms with Crippen molar-refractivity contribution in [1.29, 1.82) is 0 Å². The monoisotopic (exact) mass is 279 g/mol. The average molecular weight is 279 g/mol. The lowest BCUT2D eigenvalue weighted by molar-refractivity contribution is -0.135. The molecule has 6 nitrogen and oxygen atoms in total. The van der Waals surface area contributed by atoms with E-state index >= 15 is 0 Å². The Morgan fingerprint density at radius 3 is 2.00 bits per heavy atom. The fraction of sp³-hybridized carbons (Fsp3) is 0.909. The van der Waals surface area contributed by atoms with E-state index in [4.69, 9.17) is 18.4 Å². The first-order chi connectivity index (χ1) is 8.60. The van der Waals surface area contributed by atoms with Gasteiger partial charge in [-0.05, 0) is 33.7 Å². The van der Waals surface area contributed by atoms with Crippen LogP contribution in [-0.2, 0) is 18.1 Å². The summed E-state index contributed by atoms with van der Waals surface area (Å²) in [6.45, 7) is 8.05. The first kappa shape index (κ1) is 17.5. The highest BCUT2D eigenvalue weighted by Crippen LogP contribution is 2.17. The molecule has 108 valence electrons. The van der Waals surface area contributed by atoms with E-state index in [-0.39, 0.29) is 6.54 Å². The van der Waals surface area contributed by atoms with Crippen molar-refractivity contribution >= 4 is 14.8 Å². The van der Waals surface area contributed by atoms with Crippen LogP contribution in [0.15, 0.2) is 0 Å². The number of aliphatic carboxylic acids is 1. The molecule has 0 spiro atoms. The zero-order valence-corrected chi connectivity index (χ0v) is 12.5. The van der Waals surface area contributed by atoms with Gasteiger partial charge in [0.2, 0.25) is 0 Å². The summed E-state index contributed by atoms with van der Waals surface area (Å²) in [4.78, 5) is 10.3. The van der Waals surface area contributed by atoms with Crippen molar-refractivity contribution in [2.75, 3.05) is 32.9 Å². The third-order valence-corrected chi connectivity index (χ3v) is 5.36. The molecule has 0 bridgehead atoms. The smallest absolute Gasteiger partial charge is 0.480 e. The van der Waals surface area contributed by atoms with E-state index in [1.54, 1.807) is 0 Å². The summed E-state index contributed by atoms with van der Waals surface area (Å²) in [5.41, 5.74) is 0. The van der Waals surface area contributed by atoms with Crippen LogP contribution in [-0.4, -0.2) is 52.8 Å². The zero-order valence-electron chi connectivity index (χ0n) is 11.5. The topological polar surface area (TPSA) is 77.0 Å². The largest absolute Gasteiger partial charge is 0.500 e. The van der Waals surface area contributed by atoms with Gasteiger partial charge >= 0.3 is 14.8 Å². The van der Waals surface area contributed by atoms with Gasteiger partial charge in [0.1, 0.15) is 0 Å². The van der Waals surface area contributed by atoms with E-state index < -0.39 is 14.8 Å². The number of rotatable bonds is 12. The molecule has 0 atom stereocenters. The van der Waals surface area contributed by atoms with Crippen molar-refractivity contribution in [1.82, 2.24) is 5.32 Å². The molecule has 7 heteroatoms. The van der Waals surface area contributed by atoms with Crippen molar-refractivity contribution < 1.29 is 23.2 Å². The van der Waals surface area contributed by atoms with Crippen molar-refractivity contribution in [3.63, 3.8) is 0 Å². The van der Waals surface area contributed by atoms with Crippen LogP contribution in [0.2, 0.25) is 6.04 Å². The Kier molecular flexibility index (Phi) is 10.2. The van der Waals surface area contributed by atoms with Gasteiger partial charge in [0.15, 0.2) is 0 Å². The van der Waals surface area contributed by atoms with Gasteiger partial charge in [0.25, 0.3) is 0 Å². The van der Waals surface area contributed by atoms with Crippen LogP contribution in [0.4, 0.5) is 0 Å². The molecule has 18 heavy (non-hydrogen) atoms. The first-order valence-corrected chi connectivity index (χ1v) is 8.37. The first-order valence-electron chi connectivity index (χ1n) is 6.44. The molecule has 0 aromatic carbocycles. The SMILES string of the molecule is CCO[Si](CCCNCC(=O)O)(OCC)OCC. The summed E-state index contributed by atoms with van der Waals surface area (Å²) >= 11 is 0. The summed E-state index contributed by atoms with van der Waals surface area (Å²) < 4.78 is 17.1. The van der Waals surface area contributed by atoms with E-state index in [9.17, 15) is 4.79 Å². The normalized spacial score (nSPS) is 11.7. The number of carboxylic acid groups (broad SMARTS) is 1. The predicted octanol–water partition coefficient (Wildman–Crippen LogP) is 1.10. The molecule has 0 aliphatic carbocycles. The van der Waals surface area contributed by atoms with Gasteiger partial charge in [0, 0.05) is 25.9 Å². The van der Waals surface area contributed by atoms with E-state index in [2.05, 4.69) is 5.32 Å². The number of carbonyl (C=O) groups is 1. The second kappa shape index (κ2) is 10.4. The Balaban J connectivity index is 4.08. The van der Waals surface area contributed by atoms with Crippen molar-refractivity contribution in [3.05, 3.63) is 0 Å². The Bertz CT molecular complexity index is 210. The minimum absolute atomic E-state index is 0.0214. The lowest BCUT2D eigenvalue weighted by Gasteiger charge is -2.28. The van der Waals surface area contributed by atoms with Crippen LogP contribution < -0.4 is 5.32 Å². The average Bonchev–Trinajstić information content (AvgIpc) is 2.29. The van der Waals surface area contributed by atoms with Gasteiger partial charge in [-0.1, -0.05) is 0 Å². The minimum atomic E-state index is -2.56. The highest BCUT2D eigenvalue weighted by molar-refractivity contribution is 6.60. The number of nitrogens with one attached hydrogen (secondary N) is 1. The molecular weight excluding hydrogens is 254 g/mol. The molecule has 0 heterocycles. The van der Waals surface area contributed by atoms with Gasteiger partial charge < -0.3 is 23.7 Å². The molecule has 0 amide bonds. The zero-order chi connectivity index (χ0) is 13.9. The minimum Gasteiger partial charge on any atom is -0.480 e. The maximum Gasteiger partial charge on any atom is 0.500 e. The van der Waals surface area contributed by atoms with Gasteiger partial charge in [-0.25, -0.2) is 0 Å². The number of carboxylic acids is 1. The van der Waals surface area contributed by atoms with E-state index in [1.165, 1.54) is 0 Å². The van der Waals surface area contributed by atoms with Crippen molar-refractivity contribution in [2.24, 2.45) is 0 Å². The lowest BCUT2D eigenvalue weighted by Crippen LogP contribution is -2.46. The molecule has 0 saturated heterocycles. The maximum atomic E-state index is 10.3. The van der Waals surface area contributed by atoms with Crippen LogP contribution in [0.25, 0.3) is 0 Å². The molecular formula is C11H25NO5Si. The summed E-state index contributed by atoms with van der Waals surface area (Å²) in [5, 5.41) is 11.3. The third kappa shape index (κ3) is 7.78. The van der Waals surface area contributed by atoms with E-state index in [1.807, 2.05) is 20.8 Å². The standard InChI is InChI=1S/C11H25NO5Si/c1-4-15-18(16-5-2,17-6-3)9-7-8-12-10-11(13)14/h12H,4-10H2,1-3H3,(H,13,14). The second-order valence-electron chi connectivity index (χ2n) is 3.66. The Morgan fingerprint density at radius 2 is 1.61 bits per heavy atom. The molecule has 0 aromatic rings. The third-order valence-electron chi connectivity index (χ3n) is 2.21. The van der Waals surface area contributed by atoms with Gasteiger partial charge in [-0.3, -0.25) is 4.79 Å². The van der Waals surface area contributed by atoms with Gasteiger partial charge in [0.05, 0.1) is 6.54 Å². The Morgan fingerprint density at radius 1 is 1.11 bits per heavy atom. The van der Waals surface area contributed by atoms with Crippen molar-refractivity contribution in [3.8, 4) is 0 Å². The van der Waals surface area contributed by atoms with Gasteiger partial charge in [-0.15, -0.1) is 0 Å². The summed E-state index contributed by atoms with van der Waals surface area (Å²) in [7, 11) is -2.56. The Labute approximate surface area is 110 Å². The summed E-state index contributed by atoms with van der Waals surface area (Å²) in [6, 6.07) is 0.704. The highest BCUT2D eigenvalue weighted by atomic mass is 28.4. The summed E-state index contributed by atoms with van der Waals surface area (Å²) in [5.74, 6) is -0.849. The second-order valence-corrected chi connectivity index (χ2v) is 6.39. The van der Waals surface area contributed by atoms with Crippen LogP contribution in [0, 0.1) is 0 Å². The van der Waals surface area contributed by atoms with E-state index in [0.717, 1.165) is 6.42 Å². The molecule has 0 radical (unpaired) electrons. The van der Waals surface area contributed by atoms with Crippen molar-refractivity contribution in [2.45, 2.75) is 33.2 Å². The van der Waals surface area contributed by atoms with Gasteiger partial charge in [-0.2, -0.15) is 0 Å². The molecule has 0 saturated carbocycles. The molecule has 0 fully saturated rings. The Hall–Kier alpha value is -0.473. The lowest BCUT2D eigenvalue weighted by atomic mass is 10.5. The molecule has 2 N–H and O–H groups in total. The fourth-order valence-corrected chi connectivity index (χ4v) is 4.24. The highest BCUT2D eigenvalue weighted by Gasteiger charge is 2.39. The quantitative estimate of drug-likeness (QED) is 0.411. The van der Waals surface area contributed by atoms with Crippen LogP contribution in [0.1, 0.15) is 27.2 Å². The van der Waals surface area contributed by atoms with Crippen LogP contribution in [0.5, 0.6) is 0 Å². The molecule has 0 unspecified atom stereocenters. The predicted molar refractivity (Wildman–Crippen MR) is 70.6 cm³/mol. The molecule has 0 aliphatic rings. The van der Waals surface area contributed by atoms with Crippen LogP contribution in [0.3, 0.4) is 0 Å². The van der Waals surface area contributed by atoms with E-state index in [0.29, 0.717) is 32.4 Å². The fourth-order valence-electron chi connectivity index (χ4n) is 1.63. The molecule has 0 aromatic heterocycles. The molecule has 0 rings (SSSR count). The molecule has 0 aliphatic heterocycles. The maximum absolute atomic E-state index is 10.3. The van der Waals surface area contributed by atoms with Crippen LogP contribution >= 0.6 is 0 Å².